The molecule has 1 N–H and O–H groups in total. The van der Waals surface area contributed by atoms with Gasteiger partial charge in [0.05, 0.1) is 16.8 Å². The van der Waals surface area contributed by atoms with Gasteiger partial charge in [-0.3, -0.25) is 29.4 Å². The number of imide groups is 2. The van der Waals surface area contributed by atoms with Crippen LogP contribution in [-0.2, 0) is 20.9 Å². The molecule has 0 aliphatic carbocycles. The van der Waals surface area contributed by atoms with Crippen LogP contribution in [0.5, 0.6) is 0 Å². The highest BCUT2D eigenvalue weighted by molar-refractivity contribution is 6.25. The van der Waals surface area contributed by atoms with Gasteiger partial charge in [0.1, 0.15) is 12.6 Å². The van der Waals surface area contributed by atoms with Crippen LogP contribution in [0.1, 0.15) is 39.1 Å². The van der Waals surface area contributed by atoms with Gasteiger partial charge in [0.2, 0.25) is 11.8 Å². The van der Waals surface area contributed by atoms with Gasteiger partial charge in [-0.15, -0.1) is 0 Å². The lowest BCUT2D eigenvalue weighted by Crippen LogP contribution is -2.57. The lowest BCUT2D eigenvalue weighted by molar-refractivity contribution is -0.136. The Hall–Kier alpha value is -4.94. The fourth-order valence-corrected chi connectivity index (χ4v) is 5.99. The van der Waals surface area contributed by atoms with Crippen molar-refractivity contribution in [2.45, 2.75) is 25.5 Å². The van der Waals surface area contributed by atoms with Gasteiger partial charge >= 0.3 is 12.1 Å². The summed E-state index contributed by atoms with van der Waals surface area (Å²) in [5.41, 5.74) is 1.96. The number of amides is 7. The molecule has 2 aromatic rings. The molecule has 3 fully saturated rings. The second-order valence-corrected chi connectivity index (χ2v) is 10.9. The Morgan fingerprint density at radius 3 is 2.09 bits per heavy atom. The third-order valence-electron chi connectivity index (χ3n) is 8.35. The van der Waals surface area contributed by atoms with Crippen LogP contribution in [0.15, 0.2) is 48.5 Å². The van der Waals surface area contributed by atoms with Crippen molar-refractivity contribution in [2.24, 2.45) is 0 Å². The summed E-state index contributed by atoms with van der Waals surface area (Å²) < 4.78 is 5.42. The van der Waals surface area contributed by atoms with Crippen LogP contribution in [0.2, 0.25) is 0 Å². The zero-order chi connectivity index (χ0) is 30.1. The minimum Gasteiger partial charge on any atom is -0.445 e. The van der Waals surface area contributed by atoms with Crippen molar-refractivity contribution in [1.82, 2.24) is 24.9 Å². The molecule has 4 aliphatic rings. The quantitative estimate of drug-likeness (QED) is 0.527. The first-order chi connectivity index (χ1) is 20.8. The zero-order valence-electron chi connectivity index (χ0n) is 23.6. The van der Waals surface area contributed by atoms with Gasteiger partial charge < -0.3 is 24.3 Å². The highest BCUT2D eigenvalue weighted by atomic mass is 16.6. The van der Waals surface area contributed by atoms with Crippen molar-refractivity contribution in [2.75, 3.05) is 57.3 Å². The van der Waals surface area contributed by atoms with Crippen LogP contribution in [0.3, 0.4) is 0 Å². The van der Waals surface area contributed by atoms with Crippen LogP contribution in [-0.4, -0.2) is 114 Å². The van der Waals surface area contributed by atoms with Crippen LogP contribution in [0.4, 0.5) is 15.3 Å². The third-order valence-corrected chi connectivity index (χ3v) is 8.35. The first kappa shape index (κ1) is 28.2. The number of piperazine rings is 2. The Bertz CT molecular complexity index is 1460. The molecule has 2 aromatic carbocycles. The van der Waals surface area contributed by atoms with Gasteiger partial charge in [0.15, 0.2) is 0 Å². The van der Waals surface area contributed by atoms with Crippen LogP contribution < -0.4 is 10.2 Å². The average Bonchev–Trinajstić information content (AvgIpc) is 3.29. The maximum Gasteiger partial charge on any atom is 0.410 e. The molecule has 13 nitrogen and oxygen atoms in total. The number of benzene rings is 2. The minimum atomic E-state index is -1.03. The van der Waals surface area contributed by atoms with Crippen molar-refractivity contribution < 1.29 is 33.5 Å². The summed E-state index contributed by atoms with van der Waals surface area (Å²) >= 11 is 0. The van der Waals surface area contributed by atoms with Gasteiger partial charge in [0, 0.05) is 58.8 Å². The first-order valence-electron chi connectivity index (χ1n) is 14.4. The topological polar surface area (TPSA) is 140 Å². The van der Waals surface area contributed by atoms with Gasteiger partial charge in [0.25, 0.3) is 11.8 Å². The normalized spacial score (nSPS) is 20.7. The molecule has 0 radical (unpaired) electrons. The third kappa shape index (κ3) is 5.49. The molecular weight excluding hydrogens is 556 g/mol. The van der Waals surface area contributed by atoms with Crippen molar-refractivity contribution in [1.29, 1.82) is 0 Å². The molecule has 0 saturated carbocycles. The van der Waals surface area contributed by atoms with E-state index in [0.29, 0.717) is 58.0 Å². The van der Waals surface area contributed by atoms with Gasteiger partial charge in [-0.05, 0) is 24.1 Å². The van der Waals surface area contributed by atoms with E-state index in [-0.39, 0.29) is 36.6 Å². The molecule has 0 aromatic heterocycles. The number of nitrogens with zero attached hydrogens (tertiary/aromatic N) is 5. The second-order valence-electron chi connectivity index (χ2n) is 10.9. The first-order valence-corrected chi connectivity index (χ1v) is 14.4. The number of fused-ring (bicyclic) bond motifs is 1. The maximum absolute atomic E-state index is 13.5. The highest BCUT2D eigenvalue weighted by Gasteiger charge is 2.46. The van der Waals surface area contributed by atoms with Crippen LogP contribution in [0.25, 0.3) is 0 Å². The van der Waals surface area contributed by atoms with E-state index in [0.717, 1.165) is 10.5 Å². The maximum atomic E-state index is 13.5. The number of carbonyl (C=O) groups excluding carboxylic acids is 6. The Balaban J connectivity index is 1.03. The summed E-state index contributed by atoms with van der Waals surface area (Å²) in [5.74, 6) is -2.17. The summed E-state index contributed by atoms with van der Waals surface area (Å²) in [4.78, 5) is 84.5. The molecule has 224 valence electrons. The lowest BCUT2D eigenvalue weighted by atomic mass is 10.0. The summed E-state index contributed by atoms with van der Waals surface area (Å²) in [6.45, 7) is 3.51. The van der Waals surface area contributed by atoms with Crippen LogP contribution >= 0.6 is 0 Å². The molecule has 4 aliphatic heterocycles. The largest absolute Gasteiger partial charge is 0.445 e. The number of nitrogens with one attached hydrogen (secondary N) is 1. The summed E-state index contributed by atoms with van der Waals surface area (Å²) in [5, 5.41) is 2.21. The number of hydrogen-bond acceptors (Lipinski definition) is 8. The SMILES string of the molecule is O=C1CCC(N2C(=O)c3cccc(N4CCN(C(=O)N5CCN(C(=O)OCc6ccccc6)CC5)CC4)c3C2=O)C(=O)N1. The Morgan fingerprint density at radius 1 is 0.767 bits per heavy atom. The standard InChI is InChI=1S/C30H32N6O7/c37-24-10-9-23(26(38)31-24)36-27(39)21-7-4-8-22(25(21)28(36)40)32-11-13-33(14-12-32)29(41)34-15-17-35(18-16-34)30(42)43-19-20-5-2-1-3-6-20/h1-8,23H,9-19H2,(H,31,37,38). The molecule has 3 saturated heterocycles. The van der Waals surface area contributed by atoms with E-state index in [9.17, 15) is 28.8 Å². The van der Waals surface area contributed by atoms with E-state index < -0.39 is 35.8 Å². The van der Waals surface area contributed by atoms with E-state index in [2.05, 4.69) is 5.32 Å². The van der Waals surface area contributed by atoms with Crippen molar-refractivity contribution >= 4 is 41.4 Å². The molecule has 1 unspecified atom stereocenters. The number of anilines is 1. The Morgan fingerprint density at radius 2 is 1.42 bits per heavy atom. The molecule has 1 atom stereocenters. The number of urea groups is 1. The van der Waals surface area contributed by atoms with Crippen molar-refractivity contribution in [3.63, 3.8) is 0 Å². The average molecular weight is 589 g/mol. The number of ether oxygens (including phenoxy) is 1. The molecule has 0 spiro atoms. The Labute approximate surface area is 247 Å². The fraction of sp³-hybridized carbons (Fsp3) is 0.400. The molecular formula is C30H32N6O7. The van der Waals surface area contributed by atoms with Crippen molar-refractivity contribution in [3.8, 4) is 0 Å². The predicted molar refractivity (Wildman–Crippen MR) is 152 cm³/mol. The van der Waals surface area contributed by atoms with E-state index >= 15 is 0 Å². The van der Waals surface area contributed by atoms with E-state index in [1.807, 2.05) is 35.2 Å². The number of piperidine rings is 1. The summed E-state index contributed by atoms with van der Waals surface area (Å²) in [6, 6.07) is 13.4. The molecule has 43 heavy (non-hydrogen) atoms. The smallest absolute Gasteiger partial charge is 0.410 e. The Kier molecular flexibility index (Phi) is 7.70. The van der Waals surface area contributed by atoms with Gasteiger partial charge in [-0.2, -0.15) is 0 Å². The molecule has 13 heteroatoms. The fourth-order valence-electron chi connectivity index (χ4n) is 5.99. The number of hydrogen-bond donors (Lipinski definition) is 1. The van der Waals surface area contributed by atoms with E-state index in [1.165, 1.54) is 0 Å². The van der Waals surface area contributed by atoms with E-state index in [1.54, 1.807) is 32.9 Å². The molecule has 7 amide bonds. The second kappa shape index (κ2) is 11.7. The van der Waals surface area contributed by atoms with E-state index in [4.69, 9.17) is 4.74 Å². The monoisotopic (exact) mass is 588 g/mol. The van der Waals surface area contributed by atoms with Gasteiger partial charge in [-0.25, -0.2) is 9.59 Å². The minimum absolute atomic E-state index is 0.0556. The number of rotatable bonds is 4. The molecule has 4 heterocycles. The zero-order valence-corrected chi connectivity index (χ0v) is 23.6. The number of carbonyl (C=O) groups is 6. The lowest BCUT2D eigenvalue weighted by Gasteiger charge is -2.41. The summed E-state index contributed by atoms with van der Waals surface area (Å²) in [6.07, 6.45) is -0.251. The highest BCUT2D eigenvalue weighted by Crippen LogP contribution is 2.34. The predicted octanol–water partition coefficient (Wildman–Crippen LogP) is 1.28. The van der Waals surface area contributed by atoms with Gasteiger partial charge in [-0.1, -0.05) is 36.4 Å². The van der Waals surface area contributed by atoms with Crippen LogP contribution in [0, 0.1) is 0 Å². The van der Waals surface area contributed by atoms with Crippen molar-refractivity contribution in [3.05, 3.63) is 65.2 Å². The summed E-state index contributed by atoms with van der Waals surface area (Å²) in [7, 11) is 0. The molecule has 0 bridgehead atoms. The molecule has 6 rings (SSSR count).